The van der Waals surface area contributed by atoms with Gasteiger partial charge in [-0.25, -0.2) is 0 Å². The first-order valence-electron chi connectivity index (χ1n) is 8.50. The maximum Gasteiger partial charge on any atom is 0.0414 e. The Hall–Kier alpha value is -1.02. The highest BCUT2D eigenvalue weighted by atomic mass is 15.1. The van der Waals surface area contributed by atoms with Gasteiger partial charge < -0.3 is 10.2 Å². The van der Waals surface area contributed by atoms with Crippen molar-refractivity contribution in [2.24, 2.45) is 5.41 Å². The summed E-state index contributed by atoms with van der Waals surface area (Å²) in [6, 6.07) is 9.97. The number of rotatable bonds is 5. The molecule has 1 fully saturated rings. The van der Waals surface area contributed by atoms with Gasteiger partial charge in [0, 0.05) is 24.8 Å². The van der Waals surface area contributed by atoms with Crippen LogP contribution in [-0.4, -0.2) is 19.6 Å². The molecule has 1 aliphatic rings. The average molecular weight is 288 g/mol. The lowest BCUT2D eigenvalue weighted by Crippen LogP contribution is -2.38. The van der Waals surface area contributed by atoms with E-state index in [1.54, 1.807) is 0 Å². The molecule has 1 aromatic carbocycles. The van der Waals surface area contributed by atoms with Crippen molar-refractivity contribution in [2.75, 3.05) is 18.5 Å². The Balaban J connectivity index is 2.14. The molecule has 1 atom stereocenters. The van der Waals surface area contributed by atoms with E-state index in [1.807, 2.05) is 0 Å². The number of hydrogen-bond donors (Lipinski definition) is 1. The average Bonchev–Trinajstić information content (AvgIpc) is 2.47. The molecule has 0 aliphatic heterocycles. The molecule has 118 valence electrons. The van der Waals surface area contributed by atoms with E-state index in [0.29, 0.717) is 17.5 Å². The summed E-state index contributed by atoms with van der Waals surface area (Å²) in [5.74, 6) is 0. The molecule has 1 aromatic rings. The Morgan fingerprint density at radius 1 is 1.24 bits per heavy atom. The number of anilines is 1. The van der Waals surface area contributed by atoms with Crippen LogP contribution in [0.5, 0.6) is 0 Å². The molecule has 1 N–H and O–H groups in total. The number of nitrogens with one attached hydrogen (secondary N) is 1. The van der Waals surface area contributed by atoms with E-state index in [9.17, 15) is 0 Å². The highest BCUT2D eigenvalue weighted by Crippen LogP contribution is 2.38. The van der Waals surface area contributed by atoms with E-state index in [2.05, 4.69) is 69.2 Å². The third-order valence-electron chi connectivity index (χ3n) is 5.15. The van der Waals surface area contributed by atoms with E-state index >= 15 is 0 Å². The van der Waals surface area contributed by atoms with E-state index in [4.69, 9.17) is 0 Å². The molecular formula is C19H32N2. The minimum absolute atomic E-state index is 0.411. The summed E-state index contributed by atoms with van der Waals surface area (Å²) in [5.41, 5.74) is 3.36. The summed E-state index contributed by atoms with van der Waals surface area (Å²) >= 11 is 0. The Kier molecular flexibility index (Phi) is 5.32. The van der Waals surface area contributed by atoms with Gasteiger partial charge in [-0.2, -0.15) is 0 Å². The number of hydrogen-bond acceptors (Lipinski definition) is 2. The topological polar surface area (TPSA) is 15.3 Å². The fraction of sp³-hybridized carbons (Fsp3) is 0.684. The second kappa shape index (κ2) is 6.83. The van der Waals surface area contributed by atoms with Crippen molar-refractivity contribution in [3.63, 3.8) is 0 Å². The van der Waals surface area contributed by atoms with Gasteiger partial charge in [-0.05, 0) is 56.2 Å². The lowest BCUT2D eigenvalue weighted by molar-refractivity contribution is 0.222. The Bertz CT molecular complexity index is 443. The standard InChI is InChI=1S/C19H32N2/c1-6-20-15(2)17-9-7-8-10-18(17)21(5)16-11-13-19(3,4)14-12-16/h7-10,15-16,20H,6,11-14H2,1-5H3. The predicted octanol–water partition coefficient (Wildman–Crippen LogP) is 4.76. The molecule has 2 rings (SSSR count). The summed E-state index contributed by atoms with van der Waals surface area (Å²) in [6.45, 7) is 10.3. The van der Waals surface area contributed by atoms with Crippen LogP contribution < -0.4 is 10.2 Å². The van der Waals surface area contributed by atoms with Crippen LogP contribution in [0.25, 0.3) is 0 Å². The molecule has 0 amide bonds. The van der Waals surface area contributed by atoms with Crippen LogP contribution >= 0.6 is 0 Å². The van der Waals surface area contributed by atoms with Gasteiger partial charge in [0.25, 0.3) is 0 Å². The Morgan fingerprint density at radius 3 is 2.48 bits per heavy atom. The van der Waals surface area contributed by atoms with Crippen LogP contribution in [0.2, 0.25) is 0 Å². The van der Waals surface area contributed by atoms with Crippen LogP contribution in [0.15, 0.2) is 24.3 Å². The molecule has 0 saturated heterocycles. The van der Waals surface area contributed by atoms with Crippen LogP contribution in [-0.2, 0) is 0 Å². The summed E-state index contributed by atoms with van der Waals surface area (Å²) in [5, 5.41) is 3.55. The van der Waals surface area contributed by atoms with E-state index < -0.39 is 0 Å². The number of para-hydroxylation sites is 1. The van der Waals surface area contributed by atoms with E-state index in [0.717, 1.165) is 6.54 Å². The highest BCUT2D eigenvalue weighted by Gasteiger charge is 2.29. The van der Waals surface area contributed by atoms with E-state index in [1.165, 1.54) is 36.9 Å². The molecule has 2 heteroatoms. The van der Waals surface area contributed by atoms with Crippen molar-refractivity contribution in [3.8, 4) is 0 Å². The van der Waals surface area contributed by atoms with Gasteiger partial charge in [-0.15, -0.1) is 0 Å². The van der Waals surface area contributed by atoms with Gasteiger partial charge in [0.1, 0.15) is 0 Å². The minimum atomic E-state index is 0.411. The van der Waals surface area contributed by atoms with Crippen LogP contribution in [0.4, 0.5) is 5.69 Å². The molecule has 0 bridgehead atoms. The van der Waals surface area contributed by atoms with Crippen molar-refractivity contribution < 1.29 is 0 Å². The van der Waals surface area contributed by atoms with Crippen molar-refractivity contribution in [2.45, 2.75) is 65.5 Å². The van der Waals surface area contributed by atoms with Gasteiger partial charge in [0.05, 0.1) is 0 Å². The zero-order valence-corrected chi connectivity index (χ0v) is 14.4. The minimum Gasteiger partial charge on any atom is -0.371 e. The summed E-state index contributed by atoms with van der Waals surface area (Å²) < 4.78 is 0. The van der Waals surface area contributed by atoms with Crippen LogP contribution in [0.1, 0.15) is 65.0 Å². The molecule has 0 heterocycles. The summed E-state index contributed by atoms with van der Waals surface area (Å²) in [7, 11) is 2.28. The smallest absolute Gasteiger partial charge is 0.0414 e. The maximum absolute atomic E-state index is 3.55. The third-order valence-corrected chi connectivity index (χ3v) is 5.15. The zero-order valence-electron chi connectivity index (χ0n) is 14.4. The Morgan fingerprint density at radius 2 is 1.86 bits per heavy atom. The molecule has 1 unspecified atom stereocenters. The van der Waals surface area contributed by atoms with Crippen molar-refractivity contribution >= 4 is 5.69 Å². The molecule has 0 spiro atoms. The molecule has 1 aliphatic carbocycles. The first-order valence-corrected chi connectivity index (χ1v) is 8.50. The Labute approximate surface area is 130 Å². The first kappa shape index (κ1) is 16.4. The molecular weight excluding hydrogens is 256 g/mol. The number of nitrogens with zero attached hydrogens (tertiary/aromatic N) is 1. The zero-order chi connectivity index (χ0) is 15.5. The normalized spacial score (nSPS) is 20.2. The lowest BCUT2D eigenvalue weighted by Gasteiger charge is -2.40. The van der Waals surface area contributed by atoms with Crippen molar-refractivity contribution in [1.82, 2.24) is 5.32 Å². The molecule has 21 heavy (non-hydrogen) atoms. The number of benzene rings is 1. The van der Waals surface area contributed by atoms with Gasteiger partial charge in [0.2, 0.25) is 0 Å². The van der Waals surface area contributed by atoms with Gasteiger partial charge in [-0.1, -0.05) is 39.0 Å². The van der Waals surface area contributed by atoms with Crippen molar-refractivity contribution in [1.29, 1.82) is 0 Å². The monoisotopic (exact) mass is 288 g/mol. The quantitative estimate of drug-likeness (QED) is 0.840. The van der Waals surface area contributed by atoms with Gasteiger partial charge in [0.15, 0.2) is 0 Å². The van der Waals surface area contributed by atoms with Crippen LogP contribution in [0, 0.1) is 5.41 Å². The third kappa shape index (κ3) is 4.00. The second-order valence-electron chi connectivity index (χ2n) is 7.34. The summed E-state index contributed by atoms with van der Waals surface area (Å²) in [6.07, 6.45) is 5.31. The van der Waals surface area contributed by atoms with E-state index in [-0.39, 0.29) is 0 Å². The van der Waals surface area contributed by atoms with Gasteiger partial charge in [-0.3, -0.25) is 0 Å². The maximum atomic E-state index is 3.55. The molecule has 1 saturated carbocycles. The SMILES string of the molecule is CCNC(C)c1ccccc1N(C)C1CCC(C)(C)CC1. The van der Waals surface area contributed by atoms with Crippen LogP contribution in [0.3, 0.4) is 0 Å². The highest BCUT2D eigenvalue weighted by molar-refractivity contribution is 5.55. The summed E-state index contributed by atoms with van der Waals surface area (Å²) in [4.78, 5) is 2.53. The van der Waals surface area contributed by atoms with Gasteiger partial charge >= 0.3 is 0 Å². The first-order chi connectivity index (χ1) is 9.94. The fourth-order valence-electron chi connectivity index (χ4n) is 3.56. The fourth-order valence-corrected chi connectivity index (χ4v) is 3.56. The predicted molar refractivity (Wildman–Crippen MR) is 93.0 cm³/mol. The second-order valence-corrected chi connectivity index (χ2v) is 7.34. The van der Waals surface area contributed by atoms with Crippen molar-refractivity contribution in [3.05, 3.63) is 29.8 Å². The largest absolute Gasteiger partial charge is 0.371 e. The molecule has 0 radical (unpaired) electrons. The molecule has 0 aromatic heterocycles. The lowest BCUT2D eigenvalue weighted by atomic mass is 9.75. The molecule has 2 nitrogen and oxygen atoms in total.